The molecule has 0 aliphatic rings. The van der Waals surface area contributed by atoms with Gasteiger partial charge in [0, 0.05) is 39.6 Å². The number of halogens is 2. The van der Waals surface area contributed by atoms with Crippen molar-refractivity contribution >= 4 is 44.4 Å². The highest BCUT2D eigenvalue weighted by molar-refractivity contribution is 9.10. The van der Waals surface area contributed by atoms with Crippen LogP contribution in [0.3, 0.4) is 0 Å². The first-order chi connectivity index (χ1) is 8.99. The molecule has 0 saturated carbocycles. The van der Waals surface area contributed by atoms with Crippen LogP contribution in [0.25, 0.3) is 0 Å². The summed E-state index contributed by atoms with van der Waals surface area (Å²) >= 11 is 4.54. The van der Waals surface area contributed by atoms with Crippen molar-refractivity contribution in [2.24, 2.45) is 0 Å². The van der Waals surface area contributed by atoms with Crippen molar-refractivity contribution in [3.05, 3.63) is 34.1 Å². The van der Waals surface area contributed by atoms with Gasteiger partial charge in [0.2, 0.25) is 5.91 Å². The molecule has 1 aromatic rings. The Morgan fingerprint density at radius 2 is 2.26 bits per heavy atom. The van der Waals surface area contributed by atoms with E-state index in [9.17, 15) is 13.4 Å². The Labute approximate surface area is 127 Å². The van der Waals surface area contributed by atoms with E-state index in [1.807, 2.05) is 0 Å². The number of carbonyl (C=O) groups excluding carboxylic acids is 1. The first-order valence-electron chi connectivity index (χ1n) is 5.57. The first kappa shape index (κ1) is 16.7. The maximum atomic E-state index is 13.5. The van der Waals surface area contributed by atoms with Gasteiger partial charge in [0.1, 0.15) is 5.82 Å². The van der Waals surface area contributed by atoms with Crippen LogP contribution in [0.5, 0.6) is 0 Å². The van der Waals surface area contributed by atoms with Gasteiger partial charge in [0.05, 0.1) is 5.75 Å². The number of hydrogen-bond donors (Lipinski definition) is 1. The molecule has 0 aliphatic carbocycles. The second kappa shape index (κ2) is 8.71. The molecular formula is C12H15BrFNO2S2. The summed E-state index contributed by atoms with van der Waals surface area (Å²) in [5.41, 5.74) is 0.579. The molecule has 1 atom stereocenters. The van der Waals surface area contributed by atoms with E-state index >= 15 is 0 Å². The minimum Gasteiger partial charge on any atom is -0.354 e. The van der Waals surface area contributed by atoms with Crippen molar-refractivity contribution in [3.8, 4) is 0 Å². The summed E-state index contributed by atoms with van der Waals surface area (Å²) in [6.45, 7) is 0.412. The molecular weight excluding hydrogens is 353 g/mol. The molecule has 19 heavy (non-hydrogen) atoms. The summed E-state index contributed by atoms with van der Waals surface area (Å²) in [5, 5.41) is 2.67. The molecule has 1 N–H and O–H groups in total. The molecule has 0 spiro atoms. The molecule has 0 aromatic heterocycles. The molecule has 0 heterocycles. The van der Waals surface area contributed by atoms with Crippen LogP contribution >= 0.6 is 27.7 Å². The molecule has 0 radical (unpaired) electrons. The zero-order chi connectivity index (χ0) is 14.3. The molecule has 106 valence electrons. The van der Waals surface area contributed by atoms with Gasteiger partial charge in [-0.1, -0.05) is 22.0 Å². The number of benzene rings is 1. The van der Waals surface area contributed by atoms with Crippen molar-refractivity contribution in [2.75, 3.05) is 24.3 Å². The summed E-state index contributed by atoms with van der Waals surface area (Å²) in [4.78, 5) is 11.4. The standard InChI is InChI=1S/C12H15BrFNO2S2/c1-19(17)5-4-15-12(16)8-18-7-9-2-3-10(13)6-11(9)14/h2-3,6H,4-5,7-8H2,1H3,(H,15,16). The van der Waals surface area contributed by atoms with Gasteiger partial charge in [-0.05, 0) is 17.7 Å². The topological polar surface area (TPSA) is 46.2 Å². The van der Waals surface area contributed by atoms with E-state index in [0.717, 1.165) is 0 Å². The van der Waals surface area contributed by atoms with Crippen molar-refractivity contribution in [1.82, 2.24) is 5.32 Å². The first-order valence-corrected chi connectivity index (χ1v) is 9.25. The molecule has 0 aliphatic heterocycles. The Morgan fingerprint density at radius 1 is 1.53 bits per heavy atom. The lowest BCUT2D eigenvalue weighted by Gasteiger charge is -2.05. The predicted octanol–water partition coefficient (Wildman–Crippen LogP) is 2.32. The van der Waals surface area contributed by atoms with Gasteiger partial charge in [-0.25, -0.2) is 4.39 Å². The molecule has 1 rings (SSSR count). The van der Waals surface area contributed by atoms with E-state index in [0.29, 0.717) is 28.1 Å². The zero-order valence-electron chi connectivity index (χ0n) is 10.4. The second-order valence-corrected chi connectivity index (χ2v) is 7.31. The van der Waals surface area contributed by atoms with Crippen molar-refractivity contribution < 1.29 is 13.4 Å². The average Bonchev–Trinajstić information content (AvgIpc) is 2.31. The van der Waals surface area contributed by atoms with Crippen LogP contribution in [-0.2, 0) is 21.3 Å². The van der Waals surface area contributed by atoms with Crippen LogP contribution in [-0.4, -0.2) is 34.4 Å². The van der Waals surface area contributed by atoms with Crippen LogP contribution < -0.4 is 5.32 Å². The van der Waals surface area contributed by atoms with Crippen LogP contribution in [0.2, 0.25) is 0 Å². The molecule has 0 saturated heterocycles. The lowest BCUT2D eigenvalue weighted by molar-refractivity contribution is -0.118. The molecule has 3 nitrogen and oxygen atoms in total. The molecule has 1 aromatic carbocycles. The van der Waals surface area contributed by atoms with Crippen molar-refractivity contribution in [1.29, 1.82) is 0 Å². The van der Waals surface area contributed by atoms with Gasteiger partial charge in [-0.2, -0.15) is 0 Å². The maximum Gasteiger partial charge on any atom is 0.230 e. The molecule has 1 unspecified atom stereocenters. The van der Waals surface area contributed by atoms with Crippen LogP contribution in [0.4, 0.5) is 4.39 Å². The number of amides is 1. The number of thioether (sulfide) groups is 1. The van der Waals surface area contributed by atoms with Crippen molar-refractivity contribution in [2.45, 2.75) is 5.75 Å². The maximum absolute atomic E-state index is 13.5. The second-order valence-electron chi connectivity index (χ2n) is 3.86. The summed E-state index contributed by atoms with van der Waals surface area (Å²) < 4.78 is 25.0. The monoisotopic (exact) mass is 367 g/mol. The van der Waals surface area contributed by atoms with E-state index in [1.165, 1.54) is 17.8 Å². The van der Waals surface area contributed by atoms with E-state index in [1.54, 1.807) is 18.4 Å². The predicted molar refractivity (Wildman–Crippen MR) is 82.2 cm³/mol. The third-order valence-electron chi connectivity index (χ3n) is 2.22. The lowest BCUT2D eigenvalue weighted by Crippen LogP contribution is -2.29. The summed E-state index contributed by atoms with van der Waals surface area (Å²) in [5.74, 6) is 0.784. The molecule has 1 amide bonds. The van der Waals surface area contributed by atoms with Gasteiger partial charge >= 0.3 is 0 Å². The Morgan fingerprint density at radius 3 is 2.89 bits per heavy atom. The highest BCUT2D eigenvalue weighted by Crippen LogP contribution is 2.19. The fraction of sp³-hybridized carbons (Fsp3) is 0.417. The lowest BCUT2D eigenvalue weighted by atomic mass is 10.2. The summed E-state index contributed by atoms with van der Waals surface area (Å²) in [7, 11) is -0.898. The Hall–Kier alpha value is -0.400. The number of hydrogen-bond acceptors (Lipinski definition) is 3. The van der Waals surface area contributed by atoms with Gasteiger partial charge in [0.25, 0.3) is 0 Å². The van der Waals surface area contributed by atoms with Crippen LogP contribution in [0.1, 0.15) is 5.56 Å². The van der Waals surface area contributed by atoms with Crippen LogP contribution in [0, 0.1) is 5.82 Å². The minimum absolute atomic E-state index is 0.118. The normalized spacial score (nSPS) is 12.2. The molecule has 0 fully saturated rings. The third-order valence-corrected chi connectivity index (χ3v) is 4.47. The Kier molecular flexibility index (Phi) is 7.63. The summed E-state index contributed by atoms with van der Waals surface area (Å²) in [6.07, 6.45) is 1.59. The number of nitrogens with one attached hydrogen (secondary N) is 1. The van der Waals surface area contributed by atoms with E-state index in [-0.39, 0.29) is 17.5 Å². The Bertz CT molecular complexity index is 471. The smallest absolute Gasteiger partial charge is 0.230 e. The minimum atomic E-state index is -0.898. The number of rotatable bonds is 7. The highest BCUT2D eigenvalue weighted by atomic mass is 79.9. The molecule has 0 bridgehead atoms. The van der Waals surface area contributed by atoms with Gasteiger partial charge in [0.15, 0.2) is 0 Å². The summed E-state index contributed by atoms with van der Waals surface area (Å²) in [6, 6.07) is 4.88. The van der Waals surface area contributed by atoms with E-state index in [2.05, 4.69) is 21.2 Å². The van der Waals surface area contributed by atoms with E-state index < -0.39 is 10.8 Å². The van der Waals surface area contributed by atoms with Gasteiger partial charge in [-0.3, -0.25) is 9.00 Å². The van der Waals surface area contributed by atoms with Crippen LogP contribution in [0.15, 0.2) is 22.7 Å². The average molecular weight is 368 g/mol. The SMILES string of the molecule is CS(=O)CCNC(=O)CSCc1ccc(Br)cc1F. The fourth-order valence-electron chi connectivity index (χ4n) is 1.28. The third kappa shape index (κ3) is 7.08. The highest BCUT2D eigenvalue weighted by Gasteiger charge is 2.05. The molecule has 7 heteroatoms. The fourth-order valence-corrected chi connectivity index (χ4v) is 2.84. The largest absolute Gasteiger partial charge is 0.354 e. The van der Waals surface area contributed by atoms with Gasteiger partial charge < -0.3 is 5.32 Å². The zero-order valence-corrected chi connectivity index (χ0v) is 13.7. The van der Waals surface area contributed by atoms with Crippen molar-refractivity contribution in [3.63, 3.8) is 0 Å². The Balaban J connectivity index is 2.26. The quantitative estimate of drug-likeness (QED) is 0.804. The number of carbonyl (C=O) groups is 1. The van der Waals surface area contributed by atoms with E-state index in [4.69, 9.17) is 0 Å². The van der Waals surface area contributed by atoms with Gasteiger partial charge in [-0.15, -0.1) is 11.8 Å².